The molecular weight excluding hydrogens is 400 g/mol. The predicted octanol–water partition coefficient (Wildman–Crippen LogP) is 3.98. The molecule has 30 heavy (non-hydrogen) atoms. The summed E-state index contributed by atoms with van der Waals surface area (Å²) < 4.78 is 30.0. The number of sulfone groups is 1. The van der Waals surface area contributed by atoms with Gasteiger partial charge in [0.15, 0.2) is 9.84 Å². The fourth-order valence-corrected chi connectivity index (χ4v) is 4.99. The van der Waals surface area contributed by atoms with Crippen LogP contribution in [0.3, 0.4) is 0 Å². The quantitative estimate of drug-likeness (QED) is 0.613. The molecule has 0 fully saturated rings. The number of amides is 1. The minimum absolute atomic E-state index is 0.0596. The number of benzene rings is 1. The molecule has 1 unspecified atom stereocenters. The van der Waals surface area contributed by atoms with Crippen LogP contribution >= 0.6 is 0 Å². The van der Waals surface area contributed by atoms with Crippen molar-refractivity contribution in [3.05, 3.63) is 63.9 Å². The van der Waals surface area contributed by atoms with Crippen LogP contribution in [0.4, 0.5) is 0 Å². The van der Waals surface area contributed by atoms with E-state index in [4.69, 9.17) is 10.00 Å². The van der Waals surface area contributed by atoms with Gasteiger partial charge in [-0.1, -0.05) is 36.8 Å². The Hall–Kier alpha value is -2.85. The van der Waals surface area contributed by atoms with Crippen LogP contribution in [0.2, 0.25) is 0 Å². The Morgan fingerprint density at radius 2 is 2.00 bits per heavy atom. The van der Waals surface area contributed by atoms with Gasteiger partial charge in [-0.25, -0.2) is 8.42 Å². The van der Waals surface area contributed by atoms with Crippen LogP contribution in [-0.2, 0) is 21.2 Å². The summed E-state index contributed by atoms with van der Waals surface area (Å²) in [6.45, 7) is 6.04. The van der Waals surface area contributed by atoms with Crippen molar-refractivity contribution >= 4 is 15.7 Å². The lowest BCUT2D eigenvalue weighted by atomic mass is 9.74. The first kappa shape index (κ1) is 23.4. The molecule has 0 aliphatic heterocycles. The number of methoxy groups -OCH3 is 1. The molecule has 0 spiro atoms. The number of hydrogen-bond acceptors (Lipinski definition) is 5. The largest absolute Gasteiger partial charge is 0.496 e. The number of ether oxygens (including phenoxy) is 1. The van der Waals surface area contributed by atoms with E-state index in [1.54, 1.807) is 37.3 Å². The molecule has 6 nitrogen and oxygen atoms in total. The van der Waals surface area contributed by atoms with Crippen molar-refractivity contribution in [1.82, 2.24) is 4.90 Å². The Morgan fingerprint density at radius 1 is 1.33 bits per heavy atom. The van der Waals surface area contributed by atoms with E-state index in [1.165, 1.54) is 0 Å². The second kappa shape index (κ2) is 9.31. The molecule has 1 aliphatic carbocycles. The van der Waals surface area contributed by atoms with Gasteiger partial charge in [-0.2, -0.15) is 5.26 Å². The van der Waals surface area contributed by atoms with Crippen LogP contribution in [0, 0.1) is 22.7 Å². The molecule has 1 amide bonds. The van der Waals surface area contributed by atoms with E-state index in [-0.39, 0.29) is 23.2 Å². The first-order valence-electron chi connectivity index (χ1n) is 9.64. The molecule has 1 aliphatic rings. The summed E-state index contributed by atoms with van der Waals surface area (Å²) in [5.74, 6) is 0.535. The summed E-state index contributed by atoms with van der Waals surface area (Å²) in [7, 11) is -0.275. The van der Waals surface area contributed by atoms with E-state index >= 15 is 0 Å². The molecule has 160 valence electrons. The highest BCUT2D eigenvalue weighted by Gasteiger charge is 2.38. The molecule has 1 atom stereocenters. The number of rotatable bonds is 7. The van der Waals surface area contributed by atoms with Crippen molar-refractivity contribution in [3.63, 3.8) is 0 Å². The summed E-state index contributed by atoms with van der Waals surface area (Å²) in [4.78, 5) is 15.2. The fraction of sp³-hybridized carbons (Fsp3) is 0.391. The zero-order chi connectivity index (χ0) is 22.5. The fourth-order valence-electron chi connectivity index (χ4n) is 3.83. The highest BCUT2D eigenvalue weighted by molar-refractivity contribution is 7.98. The van der Waals surface area contributed by atoms with E-state index in [1.807, 2.05) is 45.0 Å². The monoisotopic (exact) mass is 428 g/mol. The highest BCUT2D eigenvalue weighted by Crippen LogP contribution is 2.40. The number of carbonyl (C=O) groups excluding carboxylic acids is 1. The Balaban J connectivity index is 2.28. The number of carbonyl (C=O) groups is 1. The van der Waals surface area contributed by atoms with Gasteiger partial charge in [-0.15, -0.1) is 0 Å². The van der Waals surface area contributed by atoms with E-state index in [9.17, 15) is 13.2 Å². The van der Waals surface area contributed by atoms with Crippen molar-refractivity contribution in [2.75, 3.05) is 14.2 Å². The predicted molar refractivity (Wildman–Crippen MR) is 117 cm³/mol. The number of nitrogens with zero attached hydrogens (tertiary/aromatic N) is 2. The van der Waals surface area contributed by atoms with Gasteiger partial charge in [0.25, 0.3) is 0 Å². The zero-order valence-corrected chi connectivity index (χ0v) is 18.9. The molecule has 0 saturated heterocycles. The Bertz CT molecular complexity index is 1040. The van der Waals surface area contributed by atoms with Crippen molar-refractivity contribution in [2.45, 2.75) is 33.7 Å². The first-order valence-corrected chi connectivity index (χ1v) is 11.2. The first-order chi connectivity index (χ1) is 14.0. The van der Waals surface area contributed by atoms with Crippen LogP contribution in [0.1, 0.15) is 32.8 Å². The summed E-state index contributed by atoms with van der Waals surface area (Å²) in [5.41, 5.74) is 0.988. The number of allylic oxidation sites excluding steroid dienone is 4. The van der Waals surface area contributed by atoms with Gasteiger partial charge in [0.1, 0.15) is 5.75 Å². The summed E-state index contributed by atoms with van der Waals surface area (Å²) in [6, 6.07) is 9.27. The summed E-state index contributed by atoms with van der Waals surface area (Å²) >= 11 is 0. The van der Waals surface area contributed by atoms with Crippen LogP contribution in [0.15, 0.2) is 58.4 Å². The average molecular weight is 429 g/mol. The van der Waals surface area contributed by atoms with Gasteiger partial charge >= 0.3 is 0 Å². The molecular formula is C23H28N2O4S. The third-order valence-electron chi connectivity index (χ3n) is 5.38. The number of hydrogen-bond donors (Lipinski definition) is 0. The minimum atomic E-state index is -3.63. The second-order valence-corrected chi connectivity index (χ2v) is 9.82. The molecule has 0 bridgehead atoms. The second-order valence-electron chi connectivity index (χ2n) is 7.94. The molecule has 2 rings (SSSR count). The zero-order valence-electron chi connectivity index (χ0n) is 18.0. The average Bonchev–Trinajstić information content (AvgIpc) is 2.71. The van der Waals surface area contributed by atoms with E-state index in [0.29, 0.717) is 6.54 Å². The SMILES string of the molecule is COc1ccccc1CN(C)C(=O)C(C)(C)C1=CC=C(S(=O)(=O)C=CC#N)CC1C. The Morgan fingerprint density at radius 3 is 2.60 bits per heavy atom. The molecule has 0 aromatic heterocycles. The Kier molecular flexibility index (Phi) is 7.27. The van der Waals surface area contributed by atoms with Gasteiger partial charge in [0, 0.05) is 35.5 Å². The topological polar surface area (TPSA) is 87.5 Å². The molecule has 0 heterocycles. The standard InChI is InChI=1S/C23H28N2O4S/c1-17-15-19(30(27,28)14-8-13-24)11-12-20(17)23(2,3)22(26)25(4)16-18-9-6-7-10-21(18)29-5/h6-12,14,17H,15-16H2,1-5H3. The summed E-state index contributed by atoms with van der Waals surface area (Å²) in [5, 5.41) is 9.52. The van der Waals surface area contributed by atoms with Gasteiger partial charge in [0.2, 0.25) is 5.91 Å². The smallest absolute Gasteiger partial charge is 0.232 e. The van der Waals surface area contributed by atoms with Crippen molar-refractivity contribution in [1.29, 1.82) is 5.26 Å². The molecule has 7 heteroatoms. The maximum absolute atomic E-state index is 13.3. The maximum Gasteiger partial charge on any atom is 0.232 e. The lowest BCUT2D eigenvalue weighted by molar-refractivity contribution is -0.137. The molecule has 0 radical (unpaired) electrons. The number of para-hydroxylation sites is 1. The highest BCUT2D eigenvalue weighted by atomic mass is 32.2. The van der Waals surface area contributed by atoms with Crippen LogP contribution in [0.5, 0.6) is 5.75 Å². The van der Waals surface area contributed by atoms with Crippen LogP contribution in [0.25, 0.3) is 0 Å². The van der Waals surface area contributed by atoms with Gasteiger partial charge < -0.3 is 9.64 Å². The minimum Gasteiger partial charge on any atom is -0.496 e. The molecule has 0 saturated carbocycles. The Labute approximate surface area is 179 Å². The summed E-state index contributed by atoms with van der Waals surface area (Å²) in [6.07, 6.45) is 4.52. The molecule has 1 aromatic rings. The van der Waals surface area contributed by atoms with Gasteiger partial charge in [-0.05, 0) is 38.3 Å². The van der Waals surface area contributed by atoms with E-state index in [0.717, 1.165) is 28.4 Å². The van der Waals surface area contributed by atoms with E-state index in [2.05, 4.69) is 0 Å². The van der Waals surface area contributed by atoms with Crippen LogP contribution in [-0.4, -0.2) is 33.4 Å². The molecule has 0 N–H and O–H groups in total. The third-order valence-corrected chi connectivity index (χ3v) is 6.91. The molecule has 1 aromatic carbocycles. The van der Waals surface area contributed by atoms with Gasteiger partial charge in [-0.3, -0.25) is 4.79 Å². The van der Waals surface area contributed by atoms with E-state index < -0.39 is 15.3 Å². The van der Waals surface area contributed by atoms with Crippen molar-refractivity contribution < 1.29 is 17.9 Å². The lowest BCUT2D eigenvalue weighted by Gasteiger charge is -2.36. The normalized spacial score (nSPS) is 17.1. The number of nitriles is 1. The third kappa shape index (κ3) is 5.00. The van der Waals surface area contributed by atoms with Crippen LogP contribution < -0.4 is 4.74 Å². The van der Waals surface area contributed by atoms with Gasteiger partial charge in [0.05, 0.1) is 18.6 Å². The van der Waals surface area contributed by atoms with Crippen molar-refractivity contribution in [3.8, 4) is 11.8 Å². The lowest BCUT2D eigenvalue weighted by Crippen LogP contribution is -2.41. The van der Waals surface area contributed by atoms with Crippen molar-refractivity contribution in [2.24, 2.45) is 11.3 Å². The maximum atomic E-state index is 13.3.